The summed E-state index contributed by atoms with van der Waals surface area (Å²) in [6.07, 6.45) is 4.16. The Morgan fingerprint density at radius 3 is 2.47 bits per heavy atom. The molecule has 17 heavy (non-hydrogen) atoms. The van der Waals surface area contributed by atoms with Crippen molar-refractivity contribution in [3.8, 4) is 0 Å². The Balaban J connectivity index is 1.90. The Morgan fingerprint density at radius 2 is 1.94 bits per heavy atom. The lowest BCUT2D eigenvalue weighted by Crippen LogP contribution is -2.48. The number of amides is 1. The standard InChI is InChI=1S/C13H25N3O/c1-10(9-15-7-5-4-6-8-15)16-12(3)14-11(2)13(16)17/h10-12,14H,4-9H2,1-3H3. The minimum atomic E-state index is -0.0196. The van der Waals surface area contributed by atoms with Crippen LogP contribution in [0.4, 0.5) is 0 Å². The zero-order valence-corrected chi connectivity index (χ0v) is 11.3. The van der Waals surface area contributed by atoms with E-state index in [0.29, 0.717) is 6.04 Å². The molecule has 98 valence electrons. The Morgan fingerprint density at radius 1 is 1.29 bits per heavy atom. The van der Waals surface area contributed by atoms with Crippen LogP contribution in [-0.4, -0.2) is 53.6 Å². The van der Waals surface area contributed by atoms with Crippen LogP contribution in [0.5, 0.6) is 0 Å². The fourth-order valence-corrected chi connectivity index (χ4v) is 3.13. The number of hydrogen-bond acceptors (Lipinski definition) is 3. The van der Waals surface area contributed by atoms with E-state index in [2.05, 4.69) is 24.1 Å². The topological polar surface area (TPSA) is 35.6 Å². The number of rotatable bonds is 3. The first-order chi connectivity index (χ1) is 8.09. The van der Waals surface area contributed by atoms with Crippen LogP contribution < -0.4 is 5.32 Å². The van der Waals surface area contributed by atoms with E-state index >= 15 is 0 Å². The molecule has 3 unspecified atom stereocenters. The average molecular weight is 239 g/mol. The molecule has 0 aromatic heterocycles. The van der Waals surface area contributed by atoms with Gasteiger partial charge in [0.15, 0.2) is 0 Å². The second-order valence-corrected chi connectivity index (χ2v) is 5.52. The van der Waals surface area contributed by atoms with Gasteiger partial charge in [-0.3, -0.25) is 10.1 Å². The second kappa shape index (κ2) is 5.36. The van der Waals surface area contributed by atoms with E-state index in [1.165, 1.54) is 32.4 Å². The molecule has 2 heterocycles. The van der Waals surface area contributed by atoms with Crippen molar-refractivity contribution < 1.29 is 4.79 Å². The smallest absolute Gasteiger partial charge is 0.241 e. The van der Waals surface area contributed by atoms with Crippen molar-refractivity contribution in [1.29, 1.82) is 0 Å². The molecule has 1 N–H and O–H groups in total. The minimum absolute atomic E-state index is 0.0196. The number of nitrogens with zero attached hydrogens (tertiary/aromatic N) is 2. The predicted octanol–water partition coefficient (Wildman–Crippen LogP) is 1.03. The Hall–Kier alpha value is -0.610. The first-order valence-electron chi connectivity index (χ1n) is 6.90. The van der Waals surface area contributed by atoms with Crippen molar-refractivity contribution in [3.05, 3.63) is 0 Å². The van der Waals surface area contributed by atoms with Crippen LogP contribution in [0, 0.1) is 0 Å². The molecule has 0 aromatic carbocycles. The summed E-state index contributed by atoms with van der Waals surface area (Å²) in [5.74, 6) is 0.252. The molecule has 2 aliphatic heterocycles. The van der Waals surface area contributed by atoms with Gasteiger partial charge in [0.25, 0.3) is 0 Å². The highest BCUT2D eigenvalue weighted by Crippen LogP contribution is 2.17. The number of nitrogens with one attached hydrogen (secondary N) is 1. The number of carbonyl (C=O) groups is 1. The van der Waals surface area contributed by atoms with Crippen molar-refractivity contribution >= 4 is 5.91 Å². The predicted molar refractivity (Wildman–Crippen MR) is 68.7 cm³/mol. The fourth-order valence-electron chi connectivity index (χ4n) is 3.13. The SMILES string of the molecule is CC1NC(C)N(C(C)CN2CCCCC2)C1=O. The van der Waals surface area contributed by atoms with Crippen LogP contribution in [0.2, 0.25) is 0 Å². The molecule has 2 rings (SSSR count). The van der Waals surface area contributed by atoms with Crippen LogP contribution in [0.1, 0.15) is 40.0 Å². The van der Waals surface area contributed by atoms with Crippen LogP contribution in [0.25, 0.3) is 0 Å². The molecule has 0 radical (unpaired) electrons. The van der Waals surface area contributed by atoms with Crippen LogP contribution in [0.15, 0.2) is 0 Å². The molecule has 0 saturated carbocycles. The largest absolute Gasteiger partial charge is 0.322 e. The van der Waals surface area contributed by atoms with Crippen molar-refractivity contribution in [2.24, 2.45) is 0 Å². The van der Waals surface area contributed by atoms with E-state index in [1.807, 2.05) is 11.8 Å². The summed E-state index contributed by atoms with van der Waals surface area (Å²) in [4.78, 5) is 16.6. The molecule has 3 atom stereocenters. The summed E-state index contributed by atoms with van der Waals surface area (Å²) in [6, 6.07) is 0.293. The van der Waals surface area contributed by atoms with Crippen molar-refractivity contribution in [2.75, 3.05) is 19.6 Å². The van der Waals surface area contributed by atoms with Gasteiger partial charge in [-0.1, -0.05) is 6.42 Å². The molecule has 2 saturated heterocycles. The maximum Gasteiger partial charge on any atom is 0.241 e. The van der Waals surface area contributed by atoms with Crippen molar-refractivity contribution in [1.82, 2.24) is 15.1 Å². The molecular formula is C13H25N3O. The van der Waals surface area contributed by atoms with Crippen LogP contribution >= 0.6 is 0 Å². The van der Waals surface area contributed by atoms with E-state index in [9.17, 15) is 4.79 Å². The van der Waals surface area contributed by atoms with Gasteiger partial charge in [0, 0.05) is 12.6 Å². The molecule has 4 nitrogen and oxygen atoms in total. The number of piperidine rings is 1. The lowest BCUT2D eigenvalue weighted by atomic mass is 10.1. The van der Waals surface area contributed by atoms with Crippen molar-refractivity contribution in [3.63, 3.8) is 0 Å². The third-order valence-corrected chi connectivity index (χ3v) is 3.98. The van der Waals surface area contributed by atoms with Gasteiger partial charge in [0.2, 0.25) is 5.91 Å². The highest BCUT2D eigenvalue weighted by atomic mass is 16.2. The maximum atomic E-state index is 12.0. The second-order valence-electron chi connectivity index (χ2n) is 5.52. The maximum absolute atomic E-state index is 12.0. The van der Waals surface area contributed by atoms with Gasteiger partial charge >= 0.3 is 0 Å². The van der Waals surface area contributed by atoms with Gasteiger partial charge in [-0.25, -0.2) is 0 Å². The summed E-state index contributed by atoms with van der Waals surface area (Å²) in [5.41, 5.74) is 0. The lowest BCUT2D eigenvalue weighted by molar-refractivity contribution is -0.131. The van der Waals surface area contributed by atoms with E-state index in [0.717, 1.165) is 6.54 Å². The van der Waals surface area contributed by atoms with Gasteiger partial charge in [0.05, 0.1) is 12.2 Å². The molecule has 2 aliphatic rings. The Bertz CT molecular complexity index is 276. The van der Waals surface area contributed by atoms with Crippen LogP contribution in [-0.2, 0) is 4.79 Å². The van der Waals surface area contributed by atoms with E-state index in [1.54, 1.807) is 0 Å². The number of likely N-dealkylation sites (tertiary alicyclic amines) is 1. The highest BCUT2D eigenvalue weighted by Gasteiger charge is 2.36. The number of carbonyl (C=O) groups excluding carboxylic acids is 1. The van der Waals surface area contributed by atoms with Gasteiger partial charge in [0.1, 0.15) is 0 Å². The molecule has 4 heteroatoms. The third-order valence-electron chi connectivity index (χ3n) is 3.98. The molecule has 1 amide bonds. The summed E-state index contributed by atoms with van der Waals surface area (Å²) < 4.78 is 0. The summed E-state index contributed by atoms with van der Waals surface area (Å²) >= 11 is 0. The Labute approximate surface area is 104 Å². The summed E-state index contributed by atoms with van der Waals surface area (Å²) in [5, 5.41) is 3.29. The molecule has 2 fully saturated rings. The molecule has 0 aromatic rings. The summed E-state index contributed by atoms with van der Waals surface area (Å²) in [7, 11) is 0. The summed E-state index contributed by atoms with van der Waals surface area (Å²) in [6.45, 7) is 9.61. The van der Waals surface area contributed by atoms with Gasteiger partial charge < -0.3 is 9.80 Å². The zero-order valence-electron chi connectivity index (χ0n) is 11.3. The van der Waals surface area contributed by atoms with Crippen molar-refractivity contribution in [2.45, 2.75) is 58.3 Å². The number of hydrogen-bond donors (Lipinski definition) is 1. The van der Waals surface area contributed by atoms with E-state index in [-0.39, 0.29) is 18.1 Å². The highest BCUT2D eigenvalue weighted by molar-refractivity contribution is 5.84. The quantitative estimate of drug-likeness (QED) is 0.799. The Kier molecular flexibility index (Phi) is 4.05. The lowest BCUT2D eigenvalue weighted by Gasteiger charge is -2.34. The molecule has 0 bridgehead atoms. The fraction of sp³-hybridized carbons (Fsp3) is 0.923. The van der Waals surface area contributed by atoms with E-state index in [4.69, 9.17) is 0 Å². The van der Waals surface area contributed by atoms with Gasteiger partial charge in [-0.2, -0.15) is 0 Å². The first kappa shape index (κ1) is 12.8. The average Bonchev–Trinajstić information content (AvgIpc) is 2.54. The van der Waals surface area contributed by atoms with Gasteiger partial charge in [-0.15, -0.1) is 0 Å². The third kappa shape index (κ3) is 2.80. The minimum Gasteiger partial charge on any atom is -0.322 e. The molecule has 0 aliphatic carbocycles. The zero-order chi connectivity index (χ0) is 12.4. The molecule has 0 spiro atoms. The van der Waals surface area contributed by atoms with Gasteiger partial charge in [-0.05, 0) is 46.7 Å². The molecular weight excluding hydrogens is 214 g/mol. The van der Waals surface area contributed by atoms with Crippen LogP contribution in [0.3, 0.4) is 0 Å². The first-order valence-corrected chi connectivity index (χ1v) is 6.90. The monoisotopic (exact) mass is 239 g/mol. The normalized spacial score (nSPS) is 33.1. The van der Waals surface area contributed by atoms with E-state index < -0.39 is 0 Å².